The maximum Gasteiger partial charge on any atom is 0.253 e. The summed E-state index contributed by atoms with van der Waals surface area (Å²) in [5.41, 5.74) is 2.86. The Kier molecular flexibility index (Phi) is 7.87. The molecule has 0 saturated carbocycles. The van der Waals surface area contributed by atoms with Gasteiger partial charge in [-0.1, -0.05) is 12.1 Å². The second-order valence-corrected chi connectivity index (χ2v) is 7.53. The Balaban J connectivity index is 1.52. The average molecular weight is 426 g/mol. The van der Waals surface area contributed by atoms with E-state index in [9.17, 15) is 9.18 Å². The first kappa shape index (κ1) is 22.6. The third-order valence-corrected chi connectivity index (χ3v) is 5.68. The molecule has 1 saturated heterocycles. The van der Waals surface area contributed by atoms with Gasteiger partial charge in [-0.05, 0) is 55.8 Å². The summed E-state index contributed by atoms with van der Waals surface area (Å²) < 4.78 is 13.2. The molecule has 0 bridgehead atoms. The van der Waals surface area contributed by atoms with Crippen LogP contribution in [0.15, 0.2) is 53.5 Å². The fourth-order valence-corrected chi connectivity index (χ4v) is 3.80. The van der Waals surface area contributed by atoms with Crippen molar-refractivity contribution in [1.29, 1.82) is 0 Å². The summed E-state index contributed by atoms with van der Waals surface area (Å²) in [6.45, 7) is 9.44. The maximum absolute atomic E-state index is 13.2. The minimum Gasteiger partial charge on any atom is -0.368 e. The Morgan fingerprint density at radius 2 is 1.61 bits per heavy atom. The van der Waals surface area contributed by atoms with Gasteiger partial charge in [-0.15, -0.1) is 0 Å². The number of carbonyl (C=O) groups is 1. The first-order valence-electron chi connectivity index (χ1n) is 10.9. The number of halogens is 1. The molecule has 7 heteroatoms. The highest BCUT2D eigenvalue weighted by atomic mass is 19.1. The van der Waals surface area contributed by atoms with E-state index in [0.29, 0.717) is 25.2 Å². The Morgan fingerprint density at radius 3 is 2.16 bits per heavy atom. The predicted molar refractivity (Wildman–Crippen MR) is 124 cm³/mol. The van der Waals surface area contributed by atoms with Gasteiger partial charge in [-0.25, -0.2) is 4.39 Å². The van der Waals surface area contributed by atoms with E-state index < -0.39 is 0 Å². The Hall–Kier alpha value is -3.09. The fourth-order valence-electron chi connectivity index (χ4n) is 3.80. The molecule has 0 aliphatic carbocycles. The zero-order chi connectivity index (χ0) is 22.2. The van der Waals surface area contributed by atoms with Crippen LogP contribution in [0.2, 0.25) is 0 Å². The number of anilines is 1. The number of nitrogens with one attached hydrogen (secondary N) is 1. The lowest BCUT2D eigenvalue weighted by Crippen LogP contribution is -2.52. The Morgan fingerprint density at radius 1 is 1.00 bits per heavy atom. The Labute approximate surface area is 184 Å². The van der Waals surface area contributed by atoms with Crippen LogP contribution in [-0.2, 0) is 6.54 Å². The highest BCUT2D eigenvalue weighted by molar-refractivity contribution is 5.94. The summed E-state index contributed by atoms with van der Waals surface area (Å²) >= 11 is 0. The zero-order valence-corrected chi connectivity index (χ0v) is 18.6. The van der Waals surface area contributed by atoms with Gasteiger partial charge < -0.3 is 20.0 Å². The highest BCUT2D eigenvalue weighted by Gasteiger charge is 2.20. The number of piperazine rings is 1. The normalized spacial score (nSPS) is 14.5. The van der Waals surface area contributed by atoms with E-state index in [0.717, 1.165) is 43.4 Å². The number of aliphatic imine (C=N–C) groups is 1. The molecular formula is C24H32FN5O. The van der Waals surface area contributed by atoms with Crippen molar-refractivity contribution in [2.24, 2.45) is 4.99 Å². The number of rotatable bonds is 6. The van der Waals surface area contributed by atoms with Crippen molar-refractivity contribution in [2.75, 3.05) is 51.2 Å². The van der Waals surface area contributed by atoms with E-state index in [4.69, 9.17) is 0 Å². The van der Waals surface area contributed by atoms with Crippen molar-refractivity contribution in [3.8, 4) is 0 Å². The molecule has 166 valence electrons. The van der Waals surface area contributed by atoms with Gasteiger partial charge in [0.05, 0.1) is 0 Å². The molecule has 2 aromatic rings. The van der Waals surface area contributed by atoms with Gasteiger partial charge in [0.15, 0.2) is 5.96 Å². The van der Waals surface area contributed by atoms with Crippen LogP contribution in [-0.4, -0.2) is 68.0 Å². The molecule has 0 spiro atoms. The number of guanidine groups is 1. The largest absolute Gasteiger partial charge is 0.368 e. The van der Waals surface area contributed by atoms with E-state index in [1.165, 1.54) is 12.1 Å². The number of hydrogen-bond acceptors (Lipinski definition) is 3. The molecule has 1 N–H and O–H groups in total. The first-order chi connectivity index (χ1) is 15.0. The maximum atomic E-state index is 13.2. The van der Waals surface area contributed by atoms with Gasteiger partial charge >= 0.3 is 0 Å². The molecule has 1 aliphatic heterocycles. The lowest BCUT2D eigenvalue weighted by atomic mass is 10.1. The fraction of sp³-hybridized carbons (Fsp3) is 0.417. The van der Waals surface area contributed by atoms with Crippen LogP contribution in [0.4, 0.5) is 10.1 Å². The minimum absolute atomic E-state index is 0.0688. The number of benzene rings is 2. The van der Waals surface area contributed by atoms with Gasteiger partial charge in [0, 0.05) is 64.1 Å². The summed E-state index contributed by atoms with van der Waals surface area (Å²) in [6.07, 6.45) is 0. The van der Waals surface area contributed by atoms with Crippen LogP contribution >= 0.6 is 0 Å². The van der Waals surface area contributed by atoms with Crippen LogP contribution in [0.1, 0.15) is 29.8 Å². The summed E-state index contributed by atoms with van der Waals surface area (Å²) in [6, 6.07) is 14.4. The molecule has 1 heterocycles. The van der Waals surface area contributed by atoms with E-state index in [1.807, 2.05) is 55.1 Å². The van der Waals surface area contributed by atoms with Crippen LogP contribution in [0.5, 0.6) is 0 Å². The SMILES string of the molecule is CCN(CC)C(=O)c1ccc(CNC(=NC)N2CCN(c3ccc(F)cc3)CC2)cc1. The van der Waals surface area contributed by atoms with Crippen LogP contribution in [0.25, 0.3) is 0 Å². The second kappa shape index (κ2) is 10.8. The molecule has 6 nitrogen and oxygen atoms in total. The zero-order valence-electron chi connectivity index (χ0n) is 18.6. The third kappa shape index (κ3) is 5.75. The summed E-state index contributed by atoms with van der Waals surface area (Å²) in [7, 11) is 1.79. The standard InChI is InChI=1S/C24H32FN5O/c1-4-28(5-2)23(31)20-8-6-19(7-9-20)18-27-24(26-3)30-16-14-29(15-17-30)22-12-10-21(25)11-13-22/h6-13H,4-5,14-18H2,1-3H3,(H,26,27). The smallest absolute Gasteiger partial charge is 0.253 e. The molecule has 0 aromatic heterocycles. The quantitative estimate of drug-likeness (QED) is 0.570. The van der Waals surface area contributed by atoms with Crippen LogP contribution < -0.4 is 10.2 Å². The van der Waals surface area contributed by atoms with Crippen molar-refractivity contribution < 1.29 is 9.18 Å². The molecule has 0 radical (unpaired) electrons. The topological polar surface area (TPSA) is 51.2 Å². The minimum atomic E-state index is -0.211. The predicted octanol–water partition coefficient (Wildman–Crippen LogP) is 3.21. The summed E-state index contributed by atoms with van der Waals surface area (Å²) in [5, 5.41) is 3.42. The van der Waals surface area contributed by atoms with Crippen molar-refractivity contribution in [3.05, 3.63) is 65.5 Å². The van der Waals surface area contributed by atoms with Crippen molar-refractivity contribution in [1.82, 2.24) is 15.1 Å². The van der Waals surface area contributed by atoms with Gasteiger partial charge in [-0.3, -0.25) is 9.79 Å². The average Bonchev–Trinajstić information content (AvgIpc) is 2.81. The molecule has 1 aliphatic rings. The molecule has 0 atom stereocenters. The van der Waals surface area contributed by atoms with Crippen LogP contribution in [0, 0.1) is 5.82 Å². The molecule has 31 heavy (non-hydrogen) atoms. The second-order valence-electron chi connectivity index (χ2n) is 7.53. The van der Waals surface area contributed by atoms with E-state index >= 15 is 0 Å². The van der Waals surface area contributed by atoms with Gasteiger partial charge in [0.1, 0.15) is 5.82 Å². The van der Waals surface area contributed by atoms with Gasteiger partial charge in [0.2, 0.25) is 0 Å². The van der Waals surface area contributed by atoms with Crippen molar-refractivity contribution >= 4 is 17.6 Å². The van der Waals surface area contributed by atoms with E-state index in [2.05, 4.69) is 20.1 Å². The number of amides is 1. The monoisotopic (exact) mass is 425 g/mol. The first-order valence-corrected chi connectivity index (χ1v) is 10.9. The number of carbonyl (C=O) groups excluding carboxylic acids is 1. The van der Waals surface area contributed by atoms with Crippen LogP contribution in [0.3, 0.4) is 0 Å². The molecule has 3 rings (SSSR count). The van der Waals surface area contributed by atoms with Gasteiger partial charge in [-0.2, -0.15) is 0 Å². The lowest BCUT2D eigenvalue weighted by molar-refractivity contribution is 0.0773. The third-order valence-electron chi connectivity index (χ3n) is 5.68. The van der Waals surface area contributed by atoms with E-state index in [1.54, 1.807) is 7.05 Å². The number of nitrogens with zero attached hydrogens (tertiary/aromatic N) is 4. The van der Waals surface area contributed by atoms with E-state index in [-0.39, 0.29) is 11.7 Å². The Bertz CT molecular complexity index is 870. The van der Waals surface area contributed by atoms with Gasteiger partial charge in [0.25, 0.3) is 5.91 Å². The lowest BCUT2D eigenvalue weighted by Gasteiger charge is -2.37. The molecular weight excluding hydrogens is 393 g/mol. The molecule has 1 fully saturated rings. The number of hydrogen-bond donors (Lipinski definition) is 1. The highest BCUT2D eigenvalue weighted by Crippen LogP contribution is 2.17. The van der Waals surface area contributed by atoms with Crippen molar-refractivity contribution in [3.63, 3.8) is 0 Å². The summed E-state index contributed by atoms with van der Waals surface area (Å²) in [4.78, 5) is 23.2. The van der Waals surface area contributed by atoms with Crippen molar-refractivity contribution in [2.45, 2.75) is 20.4 Å². The molecule has 1 amide bonds. The molecule has 0 unspecified atom stereocenters. The molecule has 2 aromatic carbocycles. The summed E-state index contributed by atoms with van der Waals surface area (Å²) in [5.74, 6) is 0.721.